The molecule has 1 rings (SSSR count). The molecule has 0 unspecified atom stereocenters. The first kappa shape index (κ1) is 33.7. The number of hydrogen-bond donors (Lipinski definition) is 8. The van der Waals surface area contributed by atoms with Gasteiger partial charge in [0.25, 0.3) is 23.9 Å². The van der Waals surface area contributed by atoms with Gasteiger partial charge in [-0.15, -0.1) is 0 Å². The third kappa shape index (κ3) is 31.9. The van der Waals surface area contributed by atoms with Gasteiger partial charge in [0.05, 0.1) is 6.61 Å². The Morgan fingerprint density at radius 3 is 1.18 bits per heavy atom. The molecule has 28 heavy (non-hydrogen) atoms. The van der Waals surface area contributed by atoms with Gasteiger partial charge >= 0.3 is 0 Å². The lowest BCUT2D eigenvalue weighted by Gasteiger charge is -2.37. The summed E-state index contributed by atoms with van der Waals surface area (Å²) in [6, 6.07) is 0. The molecule has 1 aliphatic heterocycles. The molecule has 0 aromatic carbocycles. The van der Waals surface area contributed by atoms with Crippen molar-refractivity contribution in [2.75, 3.05) is 6.61 Å². The highest BCUT2D eigenvalue weighted by Gasteiger charge is 2.42. The van der Waals surface area contributed by atoms with Crippen LogP contribution in [0, 0.1) is 0 Å². The molecule has 0 aromatic heterocycles. The Kier molecular flexibility index (Phi) is 24.0. The van der Waals surface area contributed by atoms with Crippen LogP contribution in [0.1, 0.15) is 27.7 Å². The van der Waals surface area contributed by atoms with E-state index in [0.29, 0.717) is 0 Å². The van der Waals surface area contributed by atoms with Crippen molar-refractivity contribution in [3.05, 3.63) is 0 Å². The van der Waals surface area contributed by atoms with Gasteiger partial charge in [0.15, 0.2) is 0 Å². The molecule has 5 atom stereocenters. The minimum absolute atomic E-state index is 0.396. The number of carbonyl (C=O) groups is 4. The Balaban J connectivity index is -0.000000150. The van der Waals surface area contributed by atoms with Gasteiger partial charge in [-0.2, -0.15) is 0 Å². The van der Waals surface area contributed by atoms with E-state index in [9.17, 15) is 10.2 Å². The first-order chi connectivity index (χ1) is 12.5. The second kappa shape index (κ2) is 19.9. The summed E-state index contributed by atoms with van der Waals surface area (Å²) in [6.45, 7) is 3.94. The van der Waals surface area contributed by atoms with Crippen molar-refractivity contribution in [2.24, 2.45) is 0 Å². The molecule has 0 radical (unpaired) electrons. The lowest BCUT2D eigenvalue weighted by molar-refractivity contribution is -0.203. The molecule has 8 N–H and O–H groups in total. The summed E-state index contributed by atoms with van der Waals surface area (Å²) < 4.78 is 4.94. The minimum Gasteiger partial charge on any atom is -0.481 e. The van der Waals surface area contributed by atoms with E-state index in [1.165, 1.54) is 0 Å². The maximum Gasteiger partial charge on any atom is 0.300 e. The number of alkyl halides is 1. The number of carboxylic acid groups (broad SMARTS) is 4. The van der Waals surface area contributed by atoms with Gasteiger partial charge in [0.1, 0.15) is 29.4 Å². The van der Waals surface area contributed by atoms with Crippen LogP contribution in [0.3, 0.4) is 0 Å². The van der Waals surface area contributed by atoms with Gasteiger partial charge in [0, 0.05) is 27.7 Å². The number of rotatable bonds is 1. The maximum atomic E-state index is 9.21. The highest BCUT2D eigenvalue weighted by atomic mass is 79.9. The van der Waals surface area contributed by atoms with Crippen LogP contribution in [0.5, 0.6) is 0 Å². The molecule has 0 bridgehead atoms. The fourth-order valence-corrected chi connectivity index (χ4v) is 1.65. The molecule has 0 spiro atoms. The second-order valence-corrected chi connectivity index (χ2v) is 5.66. The normalized spacial score (nSPS) is 24.7. The largest absolute Gasteiger partial charge is 0.481 e. The molecule has 1 aliphatic rings. The van der Waals surface area contributed by atoms with E-state index in [1.54, 1.807) is 0 Å². The van der Waals surface area contributed by atoms with Crippen LogP contribution in [0.25, 0.3) is 0 Å². The molecule has 0 aliphatic carbocycles. The van der Waals surface area contributed by atoms with Crippen molar-refractivity contribution in [2.45, 2.75) is 57.1 Å². The second-order valence-electron chi connectivity index (χ2n) is 4.76. The molecule has 0 saturated carbocycles. The summed E-state index contributed by atoms with van der Waals surface area (Å²) in [5.74, 6) is -3.33. The van der Waals surface area contributed by atoms with Gasteiger partial charge in [-0.05, 0) is 0 Å². The van der Waals surface area contributed by atoms with Crippen molar-refractivity contribution < 1.29 is 64.8 Å². The standard InChI is InChI=1S/C6H11BrO5.4C2H4O2/c7-6-5(11)4(10)3(9)2(1-8)12-6;4*1-2(3)4/h2-6,8-11H,1H2;4*1H3,(H,3,4)/t2-,3+,4+,5-,6+;;;;/m1..../s1. The molecule has 1 saturated heterocycles. The Morgan fingerprint density at radius 1 is 0.714 bits per heavy atom. The topological polar surface area (TPSA) is 239 Å². The summed E-state index contributed by atoms with van der Waals surface area (Å²) in [7, 11) is 0. The van der Waals surface area contributed by atoms with Crippen LogP contribution in [-0.2, 0) is 23.9 Å². The number of ether oxygens (including phenoxy) is 1. The summed E-state index contributed by atoms with van der Waals surface area (Å²) in [5, 5.41) is 65.2. The molecule has 1 fully saturated rings. The zero-order valence-electron chi connectivity index (χ0n) is 15.6. The summed E-state index contributed by atoms with van der Waals surface area (Å²) in [4.78, 5) is 36.0. The molecule has 13 nitrogen and oxygen atoms in total. The van der Waals surface area contributed by atoms with Crippen molar-refractivity contribution >= 4 is 39.8 Å². The van der Waals surface area contributed by atoms with E-state index < -0.39 is 59.9 Å². The van der Waals surface area contributed by atoms with Crippen LogP contribution in [0.15, 0.2) is 0 Å². The van der Waals surface area contributed by atoms with Crippen LogP contribution < -0.4 is 0 Å². The quantitative estimate of drug-likeness (QED) is 0.199. The number of aliphatic carboxylic acids is 4. The third-order valence-corrected chi connectivity index (χ3v) is 2.59. The molecular weight excluding hydrogens is 456 g/mol. The molecule has 1 heterocycles. The average molecular weight is 483 g/mol. The lowest BCUT2D eigenvalue weighted by atomic mass is 10.0. The SMILES string of the molecule is CC(=O)O.CC(=O)O.CC(=O)O.CC(=O)O.OC[C@H]1O[C@H](Br)[C@H](O)[C@@H](O)[C@H]1O. The Morgan fingerprint density at radius 2 is 0.964 bits per heavy atom. The fourth-order valence-electron chi connectivity index (χ4n) is 1.06. The Labute approximate surface area is 168 Å². The van der Waals surface area contributed by atoms with Crippen molar-refractivity contribution in [3.8, 4) is 0 Å². The van der Waals surface area contributed by atoms with Crippen LogP contribution in [-0.4, -0.2) is 101 Å². The third-order valence-electron chi connectivity index (χ3n) is 1.83. The van der Waals surface area contributed by atoms with Crippen LogP contribution in [0.2, 0.25) is 0 Å². The van der Waals surface area contributed by atoms with Crippen molar-refractivity contribution in [3.63, 3.8) is 0 Å². The van der Waals surface area contributed by atoms with Gasteiger partial charge < -0.3 is 45.6 Å². The molecule has 0 amide bonds. The van der Waals surface area contributed by atoms with Crippen LogP contribution in [0.4, 0.5) is 0 Å². The average Bonchev–Trinajstić information content (AvgIpc) is 2.46. The van der Waals surface area contributed by atoms with E-state index in [-0.39, 0.29) is 0 Å². The van der Waals surface area contributed by atoms with E-state index >= 15 is 0 Å². The van der Waals surface area contributed by atoms with Gasteiger partial charge in [-0.3, -0.25) is 19.2 Å². The van der Waals surface area contributed by atoms with E-state index in [2.05, 4.69) is 15.9 Å². The predicted molar refractivity (Wildman–Crippen MR) is 95.9 cm³/mol. The highest BCUT2D eigenvalue weighted by molar-refractivity contribution is 9.09. The number of hydrogen-bond acceptors (Lipinski definition) is 9. The number of carboxylic acids is 4. The monoisotopic (exact) mass is 482 g/mol. The smallest absolute Gasteiger partial charge is 0.300 e. The zero-order valence-corrected chi connectivity index (χ0v) is 17.2. The zero-order chi connectivity index (χ0) is 23.6. The number of aliphatic hydroxyl groups is 4. The first-order valence-corrected chi connectivity index (χ1v) is 8.15. The molecule has 168 valence electrons. The van der Waals surface area contributed by atoms with Gasteiger partial charge in [-0.1, -0.05) is 15.9 Å². The van der Waals surface area contributed by atoms with E-state index in [4.69, 9.17) is 54.6 Å². The van der Waals surface area contributed by atoms with Crippen LogP contribution >= 0.6 is 15.9 Å². The van der Waals surface area contributed by atoms with Gasteiger partial charge in [-0.25, -0.2) is 0 Å². The van der Waals surface area contributed by atoms with Crippen molar-refractivity contribution in [1.29, 1.82) is 0 Å². The Hall–Kier alpha value is -1.84. The van der Waals surface area contributed by atoms with E-state index in [0.717, 1.165) is 27.7 Å². The molecule has 14 heteroatoms. The molecule has 0 aromatic rings. The minimum atomic E-state index is -1.29. The fraction of sp³-hybridized carbons (Fsp3) is 0.714. The number of halogens is 1. The number of aliphatic hydroxyl groups excluding tert-OH is 4. The van der Waals surface area contributed by atoms with E-state index in [1.807, 2.05) is 0 Å². The lowest BCUT2D eigenvalue weighted by Crippen LogP contribution is -2.56. The summed E-state index contributed by atoms with van der Waals surface area (Å²) >= 11 is 2.95. The predicted octanol–water partition coefficient (Wildman–Crippen LogP) is -1.46. The Bertz CT molecular complexity index is 388. The first-order valence-electron chi connectivity index (χ1n) is 7.23. The van der Waals surface area contributed by atoms with Crippen molar-refractivity contribution in [1.82, 2.24) is 0 Å². The molecular formula is C14H27BrO13. The van der Waals surface area contributed by atoms with Gasteiger partial charge in [0.2, 0.25) is 0 Å². The summed E-state index contributed by atoms with van der Waals surface area (Å²) in [5.41, 5.74) is 0. The summed E-state index contributed by atoms with van der Waals surface area (Å²) in [6.07, 6.45) is -4.57. The maximum absolute atomic E-state index is 9.21. The highest BCUT2D eigenvalue weighted by Crippen LogP contribution is 2.24.